The summed E-state index contributed by atoms with van der Waals surface area (Å²) in [4.78, 5) is 0. The summed E-state index contributed by atoms with van der Waals surface area (Å²) in [5.74, 6) is 0. The van der Waals surface area contributed by atoms with Crippen molar-refractivity contribution < 1.29 is 21.6 Å². The van der Waals surface area contributed by atoms with Gasteiger partial charge in [0.05, 0.1) is 26.2 Å². The molecule has 1 aliphatic rings. The Labute approximate surface area is 107 Å². The van der Waals surface area contributed by atoms with Crippen molar-refractivity contribution in [3.63, 3.8) is 0 Å². The highest BCUT2D eigenvalue weighted by molar-refractivity contribution is 4.68. The molecule has 0 aromatic heterocycles. The molecule has 0 spiro atoms. The molecule has 0 aliphatic carbocycles. The highest BCUT2D eigenvalue weighted by Crippen LogP contribution is 2.18. The van der Waals surface area contributed by atoms with Crippen LogP contribution in [0.1, 0.15) is 46.5 Å². The maximum Gasteiger partial charge on any atom is 0.130 e. The van der Waals surface area contributed by atoms with Crippen molar-refractivity contribution in [3.05, 3.63) is 0 Å². The Morgan fingerprint density at radius 3 is 2.12 bits per heavy atom. The maximum absolute atomic E-state index is 5.38. The highest BCUT2D eigenvalue weighted by Gasteiger charge is 2.34. The van der Waals surface area contributed by atoms with Crippen LogP contribution in [0.4, 0.5) is 0 Å². The summed E-state index contributed by atoms with van der Waals surface area (Å²) in [6.07, 6.45) is 6.11. The second-order valence-corrected chi connectivity index (χ2v) is 4.90. The summed E-state index contributed by atoms with van der Waals surface area (Å²) in [5.41, 5.74) is 0. The van der Waals surface area contributed by atoms with Crippen molar-refractivity contribution in [3.8, 4) is 0 Å². The van der Waals surface area contributed by atoms with E-state index in [-0.39, 0.29) is 12.4 Å². The minimum atomic E-state index is 0. The van der Waals surface area contributed by atoms with Crippen LogP contribution in [0.5, 0.6) is 0 Å². The lowest BCUT2D eigenvalue weighted by molar-refractivity contribution is -0.925. The van der Waals surface area contributed by atoms with Gasteiger partial charge in [-0.1, -0.05) is 19.8 Å². The van der Waals surface area contributed by atoms with Crippen LogP contribution in [0.2, 0.25) is 0 Å². The zero-order valence-corrected chi connectivity index (χ0v) is 11.9. The van der Waals surface area contributed by atoms with Gasteiger partial charge in [-0.15, -0.1) is 0 Å². The number of ether oxygens (including phenoxy) is 1. The predicted molar refractivity (Wildman–Crippen MR) is 65.0 cm³/mol. The van der Waals surface area contributed by atoms with Gasteiger partial charge in [0.1, 0.15) is 12.6 Å². The first kappa shape index (κ1) is 16.2. The number of likely N-dealkylation sites (N-methyl/N-ethyl adjacent to an activating group) is 1. The molecule has 1 unspecified atom stereocenters. The summed E-state index contributed by atoms with van der Waals surface area (Å²) in [6.45, 7) is 13.1. The van der Waals surface area contributed by atoms with E-state index in [2.05, 4.69) is 20.8 Å². The van der Waals surface area contributed by atoms with Gasteiger partial charge < -0.3 is 21.6 Å². The molecule has 1 heterocycles. The van der Waals surface area contributed by atoms with E-state index in [0.29, 0.717) is 6.10 Å². The van der Waals surface area contributed by atoms with Crippen LogP contribution in [0.15, 0.2) is 0 Å². The van der Waals surface area contributed by atoms with Gasteiger partial charge in [0.25, 0.3) is 0 Å². The smallest absolute Gasteiger partial charge is 0.130 e. The molecule has 0 N–H and O–H groups in total. The van der Waals surface area contributed by atoms with Crippen LogP contribution in [0, 0.1) is 0 Å². The highest BCUT2D eigenvalue weighted by atomic mass is 35.5. The van der Waals surface area contributed by atoms with E-state index in [1.54, 1.807) is 0 Å². The zero-order chi connectivity index (χ0) is 11.1. The van der Waals surface area contributed by atoms with E-state index in [4.69, 9.17) is 4.74 Å². The SMILES string of the molecule is CCCCCC[N+](CC)(CC)CC1CO1.[Cl-]. The Balaban J connectivity index is 0.00000225. The first-order valence-corrected chi connectivity index (χ1v) is 6.73. The molecule has 98 valence electrons. The predicted octanol–water partition coefficient (Wildman–Crippen LogP) is -0.174. The average Bonchev–Trinajstić information content (AvgIpc) is 3.06. The zero-order valence-electron chi connectivity index (χ0n) is 11.2. The number of nitrogens with zero attached hydrogens (tertiary/aromatic N) is 1. The third kappa shape index (κ3) is 5.51. The van der Waals surface area contributed by atoms with Crippen LogP contribution >= 0.6 is 0 Å². The van der Waals surface area contributed by atoms with Crippen LogP contribution in [-0.2, 0) is 4.74 Å². The Morgan fingerprint density at radius 1 is 1.06 bits per heavy atom. The summed E-state index contributed by atoms with van der Waals surface area (Å²) in [7, 11) is 0. The van der Waals surface area contributed by atoms with E-state index >= 15 is 0 Å². The Morgan fingerprint density at radius 2 is 1.69 bits per heavy atom. The summed E-state index contributed by atoms with van der Waals surface area (Å²) < 4.78 is 6.65. The number of unbranched alkanes of at least 4 members (excludes halogenated alkanes) is 3. The quantitative estimate of drug-likeness (QED) is 0.314. The summed E-state index contributed by atoms with van der Waals surface area (Å²) in [6, 6.07) is 0. The minimum absolute atomic E-state index is 0. The fraction of sp³-hybridized carbons (Fsp3) is 1.00. The van der Waals surface area contributed by atoms with Crippen molar-refractivity contribution in [1.29, 1.82) is 0 Å². The van der Waals surface area contributed by atoms with Gasteiger partial charge >= 0.3 is 0 Å². The number of hydrogen-bond donors (Lipinski definition) is 0. The molecular weight excluding hydrogens is 222 g/mol. The van der Waals surface area contributed by atoms with E-state index in [1.807, 2.05) is 0 Å². The molecule has 0 amide bonds. The molecule has 0 bridgehead atoms. The Hall–Kier alpha value is 0.210. The molecule has 0 aromatic rings. The third-order valence-electron chi connectivity index (χ3n) is 3.82. The average molecular weight is 250 g/mol. The number of epoxide rings is 1. The van der Waals surface area contributed by atoms with Gasteiger partial charge in [0, 0.05) is 0 Å². The van der Waals surface area contributed by atoms with Crippen LogP contribution in [-0.4, -0.2) is 43.4 Å². The van der Waals surface area contributed by atoms with Crippen molar-refractivity contribution in [1.82, 2.24) is 0 Å². The van der Waals surface area contributed by atoms with Gasteiger partial charge in [-0.05, 0) is 26.7 Å². The molecule has 0 saturated carbocycles. The lowest BCUT2D eigenvalue weighted by atomic mass is 10.1. The third-order valence-corrected chi connectivity index (χ3v) is 3.82. The number of quaternary nitrogens is 1. The molecule has 1 rings (SSSR count). The lowest BCUT2D eigenvalue weighted by Crippen LogP contribution is -3.00. The van der Waals surface area contributed by atoms with Gasteiger partial charge in [-0.25, -0.2) is 0 Å². The van der Waals surface area contributed by atoms with E-state index < -0.39 is 0 Å². The Kier molecular flexibility index (Phi) is 8.43. The molecule has 0 aromatic carbocycles. The largest absolute Gasteiger partial charge is 1.00 e. The first-order valence-electron chi connectivity index (χ1n) is 6.73. The summed E-state index contributed by atoms with van der Waals surface area (Å²) >= 11 is 0. The molecule has 1 atom stereocenters. The van der Waals surface area contributed by atoms with E-state index in [9.17, 15) is 0 Å². The molecule has 2 nitrogen and oxygen atoms in total. The van der Waals surface area contributed by atoms with Gasteiger partial charge in [0.15, 0.2) is 0 Å². The van der Waals surface area contributed by atoms with Gasteiger partial charge in [0.2, 0.25) is 0 Å². The van der Waals surface area contributed by atoms with Crippen LogP contribution < -0.4 is 12.4 Å². The Bertz CT molecular complexity index is 167. The van der Waals surface area contributed by atoms with Gasteiger partial charge in [-0.2, -0.15) is 0 Å². The van der Waals surface area contributed by atoms with Crippen molar-refractivity contribution >= 4 is 0 Å². The normalized spacial score (nSPS) is 19.3. The van der Waals surface area contributed by atoms with Gasteiger partial charge in [-0.3, -0.25) is 0 Å². The number of rotatable bonds is 9. The lowest BCUT2D eigenvalue weighted by Gasteiger charge is -2.36. The van der Waals surface area contributed by atoms with Crippen molar-refractivity contribution in [2.75, 3.05) is 32.8 Å². The molecule has 0 radical (unpaired) electrons. The number of hydrogen-bond acceptors (Lipinski definition) is 1. The molecule has 3 heteroatoms. The van der Waals surface area contributed by atoms with Crippen LogP contribution in [0.3, 0.4) is 0 Å². The molecular formula is C13H28ClNO. The molecule has 1 saturated heterocycles. The topological polar surface area (TPSA) is 12.5 Å². The monoisotopic (exact) mass is 249 g/mol. The van der Waals surface area contributed by atoms with Crippen molar-refractivity contribution in [2.24, 2.45) is 0 Å². The standard InChI is InChI=1S/C13H28NO.ClH/c1-4-7-8-9-10-14(5-2,6-3)11-13-12-15-13;/h13H,4-12H2,1-3H3;1H/q+1;/p-1. The molecule has 1 aliphatic heterocycles. The number of halogens is 1. The first-order chi connectivity index (χ1) is 7.26. The fourth-order valence-corrected chi connectivity index (χ4v) is 2.37. The van der Waals surface area contributed by atoms with Crippen LogP contribution in [0.25, 0.3) is 0 Å². The van der Waals surface area contributed by atoms with E-state index in [1.165, 1.54) is 56.3 Å². The molecule has 1 fully saturated rings. The molecule has 16 heavy (non-hydrogen) atoms. The summed E-state index contributed by atoms with van der Waals surface area (Å²) in [5, 5.41) is 0. The van der Waals surface area contributed by atoms with Crippen molar-refractivity contribution in [2.45, 2.75) is 52.6 Å². The minimum Gasteiger partial charge on any atom is -1.00 e. The van der Waals surface area contributed by atoms with E-state index in [0.717, 1.165) is 6.61 Å². The second-order valence-electron chi connectivity index (χ2n) is 4.90. The second kappa shape index (κ2) is 8.32. The fourth-order valence-electron chi connectivity index (χ4n) is 2.37. The maximum atomic E-state index is 5.38.